The van der Waals surface area contributed by atoms with E-state index in [9.17, 15) is 9.59 Å². The lowest BCUT2D eigenvalue weighted by atomic mass is 10.2. The van der Waals surface area contributed by atoms with Crippen molar-refractivity contribution in [1.82, 2.24) is 15.1 Å². The first-order valence-corrected chi connectivity index (χ1v) is 9.79. The summed E-state index contributed by atoms with van der Waals surface area (Å²) in [7, 11) is 0. The maximum absolute atomic E-state index is 12.5. The Morgan fingerprint density at radius 3 is 2.39 bits per heavy atom. The van der Waals surface area contributed by atoms with Crippen molar-refractivity contribution in [2.75, 3.05) is 31.5 Å². The molecule has 7 heteroatoms. The highest BCUT2D eigenvalue weighted by Crippen LogP contribution is 2.15. The number of urea groups is 2. The van der Waals surface area contributed by atoms with Crippen molar-refractivity contribution < 1.29 is 9.59 Å². The minimum absolute atomic E-state index is 0.135. The van der Waals surface area contributed by atoms with E-state index in [1.807, 2.05) is 49.4 Å². The molecule has 2 N–H and O–H groups in total. The van der Waals surface area contributed by atoms with E-state index in [2.05, 4.69) is 10.6 Å². The number of amides is 4. The Bertz CT molecular complexity index is 843. The van der Waals surface area contributed by atoms with E-state index in [0.29, 0.717) is 37.7 Å². The smallest absolute Gasteiger partial charge is 0.321 e. The number of rotatable bonds is 3. The Hall–Kier alpha value is -2.73. The minimum Gasteiger partial charge on any atom is -0.334 e. The second-order valence-electron chi connectivity index (χ2n) is 6.88. The quantitative estimate of drug-likeness (QED) is 0.814. The monoisotopic (exact) mass is 400 g/mol. The first-order chi connectivity index (χ1) is 13.5. The summed E-state index contributed by atoms with van der Waals surface area (Å²) in [5.41, 5.74) is 2.75. The van der Waals surface area contributed by atoms with Crippen molar-refractivity contribution in [3.8, 4) is 0 Å². The van der Waals surface area contributed by atoms with Crippen LogP contribution in [0.2, 0.25) is 5.02 Å². The average molecular weight is 401 g/mol. The molecular weight excluding hydrogens is 376 g/mol. The highest BCUT2D eigenvalue weighted by molar-refractivity contribution is 6.31. The van der Waals surface area contributed by atoms with Gasteiger partial charge >= 0.3 is 12.1 Å². The van der Waals surface area contributed by atoms with Crippen LogP contribution in [0.15, 0.2) is 48.5 Å². The summed E-state index contributed by atoms with van der Waals surface area (Å²) in [5.74, 6) is 0. The molecule has 2 aromatic carbocycles. The SMILES string of the molecule is Cc1cccc(NC(=O)N2CCCN(C(=O)NCc3ccccc3Cl)CC2)c1. The molecule has 1 fully saturated rings. The second kappa shape index (κ2) is 9.46. The molecule has 6 nitrogen and oxygen atoms in total. The molecule has 0 saturated carbocycles. The minimum atomic E-state index is -0.138. The standard InChI is InChI=1S/C21H25ClN4O2/c1-16-6-4-8-18(14-16)24-21(28)26-11-5-10-25(12-13-26)20(27)23-15-17-7-2-3-9-19(17)22/h2-4,6-9,14H,5,10-13,15H2,1H3,(H,23,27)(H,24,28). The number of halogens is 1. The van der Waals surface area contributed by atoms with Gasteiger partial charge in [0.15, 0.2) is 0 Å². The third-order valence-electron chi connectivity index (χ3n) is 4.73. The zero-order valence-electron chi connectivity index (χ0n) is 16.0. The van der Waals surface area contributed by atoms with Crippen molar-refractivity contribution in [3.05, 3.63) is 64.7 Å². The third kappa shape index (κ3) is 5.39. The maximum Gasteiger partial charge on any atom is 0.321 e. The number of nitrogens with one attached hydrogen (secondary N) is 2. The molecule has 0 atom stereocenters. The average Bonchev–Trinajstić information content (AvgIpc) is 2.93. The Morgan fingerprint density at radius 2 is 1.68 bits per heavy atom. The van der Waals surface area contributed by atoms with Crippen LogP contribution in [0.3, 0.4) is 0 Å². The Balaban J connectivity index is 1.50. The fourth-order valence-corrected chi connectivity index (χ4v) is 3.38. The largest absolute Gasteiger partial charge is 0.334 e. The van der Waals surface area contributed by atoms with Crippen molar-refractivity contribution >= 4 is 29.4 Å². The molecule has 1 heterocycles. The predicted molar refractivity (Wildman–Crippen MR) is 112 cm³/mol. The van der Waals surface area contributed by atoms with Crippen molar-refractivity contribution in [2.45, 2.75) is 19.9 Å². The second-order valence-corrected chi connectivity index (χ2v) is 7.28. The Kier molecular flexibility index (Phi) is 6.76. The highest BCUT2D eigenvalue weighted by atomic mass is 35.5. The van der Waals surface area contributed by atoms with Gasteiger partial charge in [0.25, 0.3) is 0 Å². The highest BCUT2D eigenvalue weighted by Gasteiger charge is 2.22. The number of carbonyl (C=O) groups excluding carboxylic acids is 2. The maximum atomic E-state index is 12.5. The van der Waals surface area contributed by atoms with Gasteiger partial charge in [-0.15, -0.1) is 0 Å². The molecular formula is C21H25ClN4O2. The summed E-state index contributed by atoms with van der Waals surface area (Å²) >= 11 is 6.13. The molecule has 2 aromatic rings. The van der Waals surface area contributed by atoms with Crippen molar-refractivity contribution in [2.24, 2.45) is 0 Å². The normalized spacial score (nSPS) is 14.4. The van der Waals surface area contributed by atoms with E-state index in [1.54, 1.807) is 15.9 Å². The number of hydrogen-bond donors (Lipinski definition) is 2. The van der Waals surface area contributed by atoms with Gasteiger partial charge in [0.05, 0.1) is 0 Å². The van der Waals surface area contributed by atoms with Crippen LogP contribution in [0.5, 0.6) is 0 Å². The van der Waals surface area contributed by atoms with Gasteiger partial charge in [0.1, 0.15) is 0 Å². The van der Waals surface area contributed by atoms with Crippen LogP contribution in [-0.4, -0.2) is 48.0 Å². The summed E-state index contributed by atoms with van der Waals surface area (Å²) in [4.78, 5) is 28.5. The van der Waals surface area contributed by atoms with E-state index >= 15 is 0 Å². The number of benzene rings is 2. The fraction of sp³-hybridized carbons (Fsp3) is 0.333. The summed E-state index contributed by atoms with van der Waals surface area (Å²) < 4.78 is 0. The lowest BCUT2D eigenvalue weighted by Gasteiger charge is -2.23. The van der Waals surface area contributed by atoms with Crippen LogP contribution < -0.4 is 10.6 Å². The van der Waals surface area contributed by atoms with Crippen LogP contribution in [-0.2, 0) is 6.54 Å². The van der Waals surface area contributed by atoms with Gasteiger partial charge in [-0.2, -0.15) is 0 Å². The molecule has 0 unspecified atom stereocenters. The predicted octanol–water partition coefficient (Wildman–Crippen LogP) is 4.10. The number of anilines is 1. The number of carbonyl (C=O) groups is 2. The zero-order chi connectivity index (χ0) is 19.9. The van der Waals surface area contributed by atoms with E-state index < -0.39 is 0 Å². The van der Waals surface area contributed by atoms with Crippen LogP contribution in [0, 0.1) is 6.92 Å². The summed E-state index contributed by atoms with van der Waals surface area (Å²) in [6, 6.07) is 14.9. The van der Waals surface area contributed by atoms with E-state index in [1.165, 1.54) is 0 Å². The molecule has 148 valence electrons. The number of hydrogen-bond acceptors (Lipinski definition) is 2. The van der Waals surface area contributed by atoms with Gasteiger partial charge in [0.2, 0.25) is 0 Å². The van der Waals surface area contributed by atoms with Gasteiger partial charge in [-0.3, -0.25) is 0 Å². The summed E-state index contributed by atoms with van der Waals surface area (Å²) in [6.45, 7) is 4.59. The molecule has 0 bridgehead atoms. The summed E-state index contributed by atoms with van der Waals surface area (Å²) in [5, 5.41) is 6.48. The summed E-state index contributed by atoms with van der Waals surface area (Å²) in [6.07, 6.45) is 0.737. The molecule has 3 rings (SSSR count). The molecule has 4 amide bonds. The molecule has 28 heavy (non-hydrogen) atoms. The lowest BCUT2D eigenvalue weighted by Crippen LogP contribution is -2.43. The van der Waals surface area contributed by atoms with Crippen molar-refractivity contribution in [3.63, 3.8) is 0 Å². The van der Waals surface area contributed by atoms with Crippen LogP contribution in [0.4, 0.5) is 15.3 Å². The molecule has 1 aliphatic heterocycles. The van der Waals surface area contributed by atoms with Crippen molar-refractivity contribution in [1.29, 1.82) is 0 Å². The van der Waals surface area contributed by atoms with Crippen LogP contribution in [0.1, 0.15) is 17.5 Å². The van der Waals surface area contributed by atoms with E-state index in [0.717, 1.165) is 23.2 Å². The molecule has 1 saturated heterocycles. The first-order valence-electron chi connectivity index (χ1n) is 9.42. The van der Waals surface area contributed by atoms with E-state index in [4.69, 9.17) is 11.6 Å². The van der Waals surface area contributed by atoms with Gasteiger partial charge in [-0.25, -0.2) is 9.59 Å². The fourth-order valence-electron chi connectivity index (χ4n) is 3.17. The number of nitrogens with zero attached hydrogens (tertiary/aromatic N) is 2. The topological polar surface area (TPSA) is 64.7 Å². The Morgan fingerprint density at radius 1 is 0.964 bits per heavy atom. The Labute approximate surface area is 170 Å². The molecule has 0 spiro atoms. The van der Waals surface area contributed by atoms with Crippen LogP contribution in [0.25, 0.3) is 0 Å². The van der Waals surface area contributed by atoms with Gasteiger partial charge in [0, 0.05) is 43.4 Å². The molecule has 1 aliphatic rings. The molecule has 0 aromatic heterocycles. The molecule has 0 aliphatic carbocycles. The zero-order valence-corrected chi connectivity index (χ0v) is 16.7. The van der Waals surface area contributed by atoms with Gasteiger partial charge in [-0.1, -0.05) is 41.9 Å². The lowest BCUT2D eigenvalue weighted by molar-refractivity contribution is 0.195. The van der Waals surface area contributed by atoms with Gasteiger partial charge in [-0.05, 0) is 42.7 Å². The van der Waals surface area contributed by atoms with Gasteiger partial charge < -0.3 is 20.4 Å². The molecule has 0 radical (unpaired) electrons. The van der Waals surface area contributed by atoms with E-state index in [-0.39, 0.29) is 12.1 Å². The third-order valence-corrected chi connectivity index (χ3v) is 5.10. The first kappa shape index (κ1) is 20.0. The van der Waals surface area contributed by atoms with Crippen LogP contribution >= 0.6 is 11.6 Å². The number of aryl methyl sites for hydroxylation is 1.